The van der Waals surface area contributed by atoms with Crippen LogP contribution in [0.2, 0.25) is 0 Å². The zero-order chi connectivity index (χ0) is 19.7. The lowest BCUT2D eigenvalue weighted by molar-refractivity contribution is 0.575. The van der Waals surface area contributed by atoms with Gasteiger partial charge in [0.2, 0.25) is 15.8 Å². The molecule has 0 aliphatic carbocycles. The van der Waals surface area contributed by atoms with Crippen molar-refractivity contribution in [3.05, 3.63) is 12.1 Å². The zero-order valence-corrected chi connectivity index (χ0v) is 16.1. The van der Waals surface area contributed by atoms with Crippen LogP contribution in [0.3, 0.4) is 0 Å². The molecule has 0 unspecified atom stereocenters. The molecule has 148 valence electrons. The number of tetrazole rings is 1. The quantitative estimate of drug-likeness (QED) is 0.546. The van der Waals surface area contributed by atoms with Crippen molar-refractivity contribution in [2.45, 2.75) is 29.1 Å². The maximum absolute atomic E-state index is 12.6. The number of anilines is 1. The smallest absolute Gasteiger partial charge is 0.240 e. The lowest BCUT2D eigenvalue weighted by Gasteiger charge is -2.31. The predicted octanol–water partition coefficient (Wildman–Crippen LogP) is -0.763. The fourth-order valence-electron chi connectivity index (χ4n) is 3.23. The molecular formula is C14H21N7O4S2. The van der Waals surface area contributed by atoms with Crippen LogP contribution < -0.4 is 15.8 Å². The number of piperidine rings is 1. The average molecular weight is 416 g/mol. The van der Waals surface area contributed by atoms with E-state index in [2.05, 4.69) is 20.6 Å². The van der Waals surface area contributed by atoms with Crippen LogP contribution >= 0.6 is 0 Å². The average Bonchev–Trinajstić information content (AvgIpc) is 3.15. The van der Waals surface area contributed by atoms with E-state index in [4.69, 9.17) is 10.9 Å². The highest BCUT2D eigenvalue weighted by Gasteiger charge is 2.32. The lowest BCUT2D eigenvalue weighted by Crippen LogP contribution is -2.31. The van der Waals surface area contributed by atoms with Crippen LogP contribution in [-0.4, -0.2) is 62.8 Å². The van der Waals surface area contributed by atoms with Crippen LogP contribution in [0.5, 0.6) is 0 Å². The Kier molecular flexibility index (Phi) is 5.46. The molecule has 1 aromatic carbocycles. The molecule has 0 bridgehead atoms. The van der Waals surface area contributed by atoms with Crippen molar-refractivity contribution < 1.29 is 16.8 Å². The fourth-order valence-corrected chi connectivity index (χ4v) is 5.98. The number of aromatic amines is 1. The van der Waals surface area contributed by atoms with Crippen LogP contribution in [0, 0.1) is 0 Å². The Balaban J connectivity index is 2.36. The van der Waals surface area contributed by atoms with Crippen molar-refractivity contribution in [2.75, 3.05) is 30.3 Å². The number of sulfonamides is 1. The summed E-state index contributed by atoms with van der Waals surface area (Å²) in [5.74, 6) is -0.450. The first-order valence-electron chi connectivity index (χ1n) is 8.37. The lowest BCUT2D eigenvalue weighted by atomic mass is 10.1. The van der Waals surface area contributed by atoms with Gasteiger partial charge in [-0.05, 0) is 36.6 Å². The van der Waals surface area contributed by atoms with E-state index in [1.807, 2.05) is 4.90 Å². The topological polar surface area (TPSA) is 178 Å². The Bertz CT molecular complexity index is 1010. The Labute approximate surface area is 157 Å². The minimum Gasteiger partial charge on any atom is -0.371 e. The molecule has 0 radical (unpaired) electrons. The molecule has 1 aliphatic heterocycles. The van der Waals surface area contributed by atoms with E-state index in [0.717, 1.165) is 19.3 Å². The number of primary sulfonamides is 1. The van der Waals surface area contributed by atoms with E-state index >= 15 is 0 Å². The number of hydrogen-bond donors (Lipinski definition) is 3. The molecule has 0 amide bonds. The number of sulfone groups is 1. The number of benzene rings is 1. The summed E-state index contributed by atoms with van der Waals surface area (Å²) >= 11 is 0. The first-order valence-corrected chi connectivity index (χ1v) is 11.6. The van der Waals surface area contributed by atoms with Gasteiger partial charge in [0.1, 0.15) is 4.90 Å². The second kappa shape index (κ2) is 7.50. The van der Waals surface area contributed by atoms with Gasteiger partial charge in [0, 0.05) is 25.3 Å². The van der Waals surface area contributed by atoms with Crippen LogP contribution in [0.1, 0.15) is 19.3 Å². The zero-order valence-electron chi connectivity index (χ0n) is 14.5. The number of rotatable bonds is 6. The molecule has 11 nitrogen and oxygen atoms in total. The van der Waals surface area contributed by atoms with Gasteiger partial charge in [0.05, 0.1) is 16.2 Å². The first kappa shape index (κ1) is 19.7. The van der Waals surface area contributed by atoms with Crippen LogP contribution in [0.4, 0.5) is 5.69 Å². The monoisotopic (exact) mass is 415 g/mol. The molecule has 1 aliphatic rings. The minimum absolute atomic E-state index is 0.0336. The van der Waals surface area contributed by atoms with Gasteiger partial charge in [-0.3, -0.25) is 0 Å². The molecule has 5 N–H and O–H groups in total. The van der Waals surface area contributed by atoms with Gasteiger partial charge in [-0.25, -0.2) is 22.0 Å². The van der Waals surface area contributed by atoms with E-state index < -0.39 is 35.4 Å². The minimum atomic E-state index is -4.42. The third-order valence-corrected chi connectivity index (χ3v) is 7.28. The molecule has 3 rings (SSSR count). The van der Waals surface area contributed by atoms with Gasteiger partial charge in [0.15, 0.2) is 9.84 Å². The van der Waals surface area contributed by atoms with Gasteiger partial charge >= 0.3 is 0 Å². The van der Waals surface area contributed by atoms with Gasteiger partial charge in [-0.2, -0.15) is 5.21 Å². The van der Waals surface area contributed by atoms with Gasteiger partial charge in [0.25, 0.3) is 0 Å². The van der Waals surface area contributed by atoms with Gasteiger partial charge in [-0.15, -0.1) is 10.2 Å². The Hall–Kier alpha value is -2.09. The van der Waals surface area contributed by atoms with Crippen molar-refractivity contribution in [3.8, 4) is 11.4 Å². The Morgan fingerprint density at radius 3 is 2.37 bits per heavy atom. The summed E-state index contributed by atoms with van der Waals surface area (Å²) in [7, 11) is -8.40. The van der Waals surface area contributed by atoms with Crippen LogP contribution in [-0.2, 0) is 19.9 Å². The number of nitrogens with one attached hydrogen (secondary N) is 1. The third-order valence-electron chi connectivity index (χ3n) is 4.37. The molecule has 0 atom stereocenters. The Morgan fingerprint density at radius 2 is 1.81 bits per heavy atom. The molecule has 1 fully saturated rings. The first-order chi connectivity index (χ1) is 12.8. The predicted molar refractivity (Wildman–Crippen MR) is 98.2 cm³/mol. The van der Waals surface area contributed by atoms with Gasteiger partial charge in [-0.1, -0.05) is 0 Å². The molecule has 13 heteroatoms. The SMILES string of the molecule is NCCS(=O)(=O)c1ccc(N2CCCCC2)c(-c2nn[nH]n2)c1S(N)(=O)=O. The second-order valence-electron chi connectivity index (χ2n) is 6.22. The van der Waals surface area contributed by atoms with E-state index in [0.29, 0.717) is 18.8 Å². The van der Waals surface area contributed by atoms with E-state index in [-0.39, 0.29) is 17.9 Å². The number of hydrogen-bond acceptors (Lipinski definition) is 9. The summed E-state index contributed by atoms with van der Waals surface area (Å²) in [5, 5.41) is 18.9. The number of aromatic nitrogens is 4. The van der Waals surface area contributed by atoms with Crippen molar-refractivity contribution in [1.29, 1.82) is 0 Å². The molecule has 2 aromatic rings. The van der Waals surface area contributed by atoms with Crippen molar-refractivity contribution >= 4 is 25.5 Å². The molecule has 2 heterocycles. The maximum Gasteiger partial charge on any atom is 0.240 e. The summed E-state index contributed by atoms with van der Waals surface area (Å²) in [4.78, 5) is 1.04. The summed E-state index contributed by atoms with van der Waals surface area (Å²) in [6.45, 7) is 1.24. The molecule has 1 aromatic heterocycles. The standard InChI is InChI=1S/C14H21N7O4S2/c15-6-9-26(22,23)11-5-4-10(21-7-2-1-3-8-21)12(13(11)27(16,24)25)14-17-19-20-18-14/h4-5H,1-3,6-9,15H2,(H2,16,24,25)(H,17,18,19,20). The van der Waals surface area contributed by atoms with Crippen LogP contribution in [0.15, 0.2) is 21.9 Å². The van der Waals surface area contributed by atoms with Crippen molar-refractivity contribution in [3.63, 3.8) is 0 Å². The highest BCUT2D eigenvalue weighted by molar-refractivity contribution is 7.93. The summed E-state index contributed by atoms with van der Waals surface area (Å²) in [6.07, 6.45) is 2.94. The largest absolute Gasteiger partial charge is 0.371 e. The molecular weight excluding hydrogens is 394 g/mol. The molecule has 27 heavy (non-hydrogen) atoms. The van der Waals surface area contributed by atoms with Gasteiger partial charge < -0.3 is 10.6 Å². The molecule has 0 saturated carbocycles. The van der Waals surface area contributed by atoms with Crippen molar-refractivity contribution in [1.82, 2.24) is 20.6 Å². The highest BCUT2D eigenvalue weighted by Crippen LogP contribution is 2.39. The number of nitrogens with zero attached hydrogens (tertiary/aromatic N) is 4. The maximum atomic E-state index is 12.6. The fraction of sp³-hybridized carbons (Fsp3) is 0.500. The molecule has 0 spiro atoms. The second-order valence-corrected chi connectivity index (χ2v) is 9.80. The Morgan fingerprint density at radius 1 is 1.11 bits per heavy atom. The third kappa shape index (κ3) is 3.95. The summed E-state index contributed by atoms with van der Waals surface area (Å²) in [6, 6.07) is 2.83. The highest BCUT2D eigenvalue weighted by atomic mass is 32.2. The number of H-pyrrole nitrogens is 1. The molecule has 1 saturated heterocycles. The summed E-state index contributed by atoms with van der Waals surface area (Å²) < 4.78 is 50.1. The van der Waals surface area contributed by atoms with E-state index in [1.54, 1.807) is 6.07 Å². The van der Waals surface area contributed by atoms with E-state index in [1.165, 1.54) is 6.07 Å². The van der Waals surface area contributed by atoms with Crippen molar-refractivity contribution in [2.24, 2.45) is 10.9 Å². The summed E-state index contributed by atoms with van der Waals surface area (Å²) in [5.41, 5.74) is 5.92. The normalized spacial score (nSPS) is 15.9. The number of nitrogens with two attached hydrogens (primary N) is 2. The van der Waals surface area contributed by atoms with Crippen LogP contribution in [0.25, 0.3) is 11.4 Å². The van der Waals surface area contributed by atoms with E-state index in [9.17, 15) is 16.8 Å².